The Morgan fingerprint density at radius 1 is 1.05 bits per heavy atom. The molecule has 2 unspecified atom stereocenters. The first kappa shape index (κ1) is 14.8. The van der Waals surface area contributed by atoms with Crippen molar-refractivity contribution in [2.45, 2.75) is 19.4 Å². The Morgan fingerprint density at radius 2 is 1.75 bits per heavy atom. The number of aliphatic hydroxyl groups is 1. The summed E-state index contributed by atoms with van der Waals surface area (Å²) in [5.74, 6) is 0.979. The van der Waals surface area contributed by atoms with Gasteiger partial charge in [-0.15, -0.1) is 0 Å². The van der Waals surface area contributed by atoms with Gasteiger partial charge < -0.3 is 14.6 Å². The summed E-state index contributed by atoms with van der Waals surface area (Å²) in [6.45, 7) is 2.70. The summed E-state index contributed by atoms with van der Waals surface area (Å²) in [5, 5.41) is 12.7. The van der Waals surface area contributed by atoms with E-state index in [1.807, 2.05) is 43.3 Å². The molecule has 2 aromatic carbocycles. The molecular weight excluding hydrogens is 252 g/mol. The average Bonchev–Trinajstić information content (AvgIpc) is 2.50. The summed E-state index contributed by atoms with van der Waals surface area (Å²) in [6.07, 6.45) is 0.332. The minimum Gasteiger partial charge on any atom is -0.496 e. The van der Waals surface area contributed by atoms with Gasteiger partial charge in [0.2, 0.25) is 0 Å². The molecular formula is C17H22O3. The van der Waals surface area contributed by atoms with Crippen LogP contribution in [0, 0.1) is 5.92 Å². The van der Waals surface area contributed by atoms with Gasteiger partial charge in [0.15, 0.2) is 0 Å². The van der Waals surface area contributed by atoms with Gasteiger partial charge in [-0.25, -0.2) is 0 Å². The molecule has 108 valence electrons. The van der Waals surface area contributed by atoms with E-state index in [9.17, 15) is 5.11 Å². The van der Waals surface area contributed by atoms with Gasteiger partial charge in [-0.3, -0.25) is 0 Å². The van der Waals surface area contributed by atoms with Crippen molar-refractivity contribution in [2.24, 2.45) is 5.92 Å². The number of rotatable bonds is 6. The Balaban J connectivity index is 2.39. The SMILES string of the molecule is COCCC(C)C(O)c1ccc(OC)c2ccccc12. The second-order valence-electron chi connectivity index (χ2n) is 5.11. The minimum absolute atomic E-state index is 0.145. The Morgan fingerprint density at radius 3 is 2.40 bits per heavy atom. The molecule has 0 radical (unpaired) electrons. The zero-order valence-electron chi connectivity index (χ0n) is 12.3. The first-order chi connectivity index (χ1) is 9.69. The van der Waals surface area contributed by atoms with Crippen molar-refractivity contribution in [3.05, 3.63) is 42.0 Å². The number of fused-ring (bicyclic) bond motifs is 1. The highest BCUT2D eigenvalue weighted by molar-refractivity contribution is 5.91. The van der Waals surface area contributed by atoms with Crippen molar-refractivity contribution < 1.29 is 14.6 Å². The Labute approximate surface area is 120 Å². The van der Waals surface area contributed by atoms with E-state index in [4.69, 9.17) is 9.47 Å². The summed E-state index contributed by atoms with van der Waals surface area (Å²) in [6, 6.07) is 11.9. The van der Waals surface area contributed by atoms with Crippen LogP contribution in [0.3, 0.4) is 0 Å². The molecule has 0 aliphatic heterocycles. The average molecular weight is 274 g/mol. The van der Waals surface area contributed by atoms with Crippen molar-refractivity contribution >= 4 is 10.8 Å². The molecule has 2 atom stereocenters. The summed E-state index contributed by atoms with van der Waals surface area (Å²) in [7, 11) is 3.35. The maximum atomic E-state index is 10.6. The molecule has 1 N–H and O–H groups in total. The van der Waals surface area contributed by atoms with Crippen molar-refractivity contribution in [3.8, 4) is 5.75 Å². The van der Waals surface area contributed by atoms with Gasteiger partial charge in [-0.2, -0.15) is 0 Å². The van der Waals surface area contributed by atoms with Crippen LogP contribution in [0.5, 0.6) is 5.75 Å². The van der Waals surface area contributed by atoms with Gasteiger partial charge >= 0.3 is 0 Å². The van der Waals surface area contributed by atoms with E-state index >= 15 is 0 Å². The van der Waals surface area contributed by atoms with Gasteiger partial charge in [-0.05, 0) is 29.4 Å². The normalized spacial score (nSPS) is 14.2. The van der Waals surface area contributed by atoms with Gasteiger partial charge in [0, 0.05) is 19.1 Å². The first-order valence-corrected chi connectivity index (χ1v) is 6.91. The van der Waals surface area contributed by atoms with Crippen LogP contribution in [-0.4, -0.2) is 25.9 Å². The molecule has 0 amide bonds. The van der Waals surface area contributed by atoms with Crippen molar-refractivity contribution in [2.75, 3.05) is 20.8 Å². The third-order valence-electron chi connectivity index (χ3n) is 3.77. The number of benzene rings is 2. The van der Waals surface area contributed by atoms with Gasteiger partial charge in [-0.1, -0.05) is 37.3 Å². The van der Waals surface area contributed by atoms with Crippen LogP contribution in [0.1, 0.15) is 25.0 Å². The molecule has 3 nitrogen and oxygen atoms in total. The van der Waals surface area contributed by atoms with Gasteiger partial charge in [0.05, 0.1) is 13.2 Å². The lowest BCUT2D eigenvalue weighted by Crippen LogP contribution is -2.12. The number of methoxy groups -OCH3 is 2. The van der Waals surface area contributed by atoms with Gasteiger partial charge in [0.25, 0.3) is 0 Å². The Hall–Kier alpha value is -1.58. The number of hydrogen-bond acceptors (Lipinski definition) is 3. The van der Waals surface area contributed by atoms with Crippen LogP contribution < -0.4 is 4.74 Å². The summed E-state index contributed by atoms with van der Waals surface area (Å²) in [4.78, 5) is 0. The van der Waals surface area contributed by atoms with Crippen LogP contribution in [-0.2, 0) is 4.74 Å². The Bertz CT molecular complexity index is 565. The summed E-state index contributed by atoms with van der Waals surface area (Å²) in [5.41, 5.74) is 0.949. The molecule has 0 bridgehead atoms. The van der Waals surface area contributed by atoms with E-state index in [1.54, 1.807) is 14.2 Å². The zero-order valence-corrected chi connectivity index (χ0v) is 12.3. The van der Waals surface area contributed by atoms with Crippen LogP contribution in [0.15, 0.2) is 36.4 Å². The molecule has 20 heavy (non-hydrogen) atoms. The molecule has 2 rings (SSSR count). The highest BCUT2D eigenvalue weighted by Crippen LogP contribution is 2.34. The van der Waals surface area contributed by atoms with Gasteiger partial charge in [0.1, 0.15) is 5.75 Å². The quantitative estimate of drug-likeness (QED) is 0.875. The fraction of sp³-hybridized carbons (Fsp3) is 0.412. The third-order valence-corrected chi connectivity index (χ3v) is 3.77. The largest absolute Gasteiger partial charge is 0.496 e. The molecule has 0 fully saturated rings. The molecule has 3 heteroatoms. The second kappa shape index (κ2) is 6.73. The number of ether oxygens (including phenoxy) is 2. The van der Waals surface area contributed by atoms with Crippen molar-refractivity contribution in [1.29, 1.82) is 0 Å². The molecule has 0 heterocycles. The molecule has 2 aromatic rings. The molecule has 0 aliphatic carbocycles. The molecule has 0 saturated carbocycles. The van der Waals surface area contributed by atoms with Crippen molar-refractivity contribution in [3.63, 3.8) is 0 Å². The van der Waals surface area contributed by atoms with Crippen LogP contribution >= 0.6 is 0 Å². The third kappa shape index (κ3) is 2.94. The fourth-order valence-electron chi connectivity index (χ4n) is 2.50. The highest BCUT2D eigenvalue weighted by Gasteiger charge is 2.19. The lowest BCUT2D eigenvalue weighted by Gasteiger charge is -2.21. The maximum Gasteiger partial charge on any atom is 0.126 e. The van der Waals surface area contributed by atoms with E-state index in [2.05, 4.69) is 0 Å². The topological polar surface area (TPSA) is 38.7 Å². The highest BCUT2D eigenvalue weighted by atomic mass is 16.5. The van der Waals surface area contributed by atoms with E-state index in [0.29, 0.717) is 6.61 Å². The number of hydrogen-bond donors (Lipinski definition) is 1. The number of aliphatic hydroxyl groups excluding tert-OH is 1. The predicted octanol–water partition coefficient (Wildman–Crippen LogP) is 3.55. The van der Waals surface area contributed by atoms with Crippen molar-refractivity contribution in [1.82, 2.24) is 0 Å². The predicted molar refractivity (Wildman–Crippen MR) is 81.1 cm³/mol. The summed E-state index contributed by atoms with van der Waals surface area (Å²) < 4.78 is 10.5. The molecule has 0 spiro atoms. The molecule has 0 saturated heterocycles. The fourth-order valence-corrected chi connectivity index (χ4v) is 2.50. The molecule has 0 aliphatic rings. The van der Waals surface area contributed by atoms with Crippen LogP contribution in [0.25, 0.3) is 10.8 Å². The van der Waals surface area contributed by atoms with Crippen LogP contribution in [0.2, 0.25) is 0 Å². The smallest absolute Gasteiger partial charge is 0.126 e. The van der Waals surface area contributed by atoms with Crippen LogP contribution in [0.4, 0.5) is 0 Å². The van der Waals surface area contributed by atoms with E-state index in [0.717, 1.165) is 28.5 Å². The summed E-state index contributed by atoms with van der Waals surface area (Å²) >= 11 is 0. The standard InChI is InChI=1S/C17H22O3/c1-12(10-11-19-2)17(18)15-8-9-16(20-3)14-7-5-4-6-13(14)15/h4-9,12,17-18H,10-11H2,1-3H3. The van der Waals surface area contributed by atoms with E-state index < -0.39 is 6.10 Å². The molecule has 0 aromatic heterocycles. The zero-order chi connectivity index (χ0) is 14.5. The lowest BCUT2D eigenvalue weighted by molar-refractivity contribution is 0.0896. The monoisotopic (exact) mass is 274 g/mol. The second-order valence-corrected chi connectivity index (χ2v) is 5.11. The van der Waals surface area contributed by atoms with E-state index in [1.165, 1.54) is 0 Å². The maximum absolute atomic E-state index is 10.6. The minimum atomic E-state index is -0.499. The first-order valence-electron chi connectivity index (χ1n) is 6.91. The lowest BCUT2D eigenvalue weighted by atomic mass is 9.91. The van der Waals surface area contributed by atoms with E-state index in [-0.39, 0.29) is 5.92 Å². The Kier molecular flexibility index (Phi) is 4.99.